The fourth-order valence-corrected chi connectivity index (χ4v) is 3.43. The van der Waals surface area contributed by atoms with Crippen LogP contribution in [0.5, 0.6) is 5.75 Å². The van der Waals surface area contributed by atoms with Crippen molar-refractivity contribution >= 4 is 21.6 Å². The van der Waals surface area contributed by atoms with E-state index in [1.54, 1.807) is 7.11 Å². The minimum absolute atomic E-state index is 0.240. The monoisotopic (exact) mass is 347 g/mol. The minimum atomic E-state index is 0.240. The summed E-state index contributed by atoms with van der Waals surface area (Å²) in [5, 5.41) is 3.56. The van der Waals surface area contributed by atoms with Gasteiger partial charge in [0.25, 0.3) is 0 Å². The number of hydrogen-bond acceptors (Lipinski definition) is 2. The van der Waals surface area contributed by atoms with Gasteiger partial charge >= 0.3 is 0 Å². The van der Waals surface area contributed by atoms with Gasteiger partial charge < -0.3 is 10.1 Å². The Balaban J connectivity index is 2.30. The second-order valence-corrected chi connectivity index (χ2v) is 6.47. The number of rotatable bonds is 4. The van der Waals surface area contributed by atoms with Crippen LogP contribution in [0.15, 0.2) is 34.8 Å². The summed E-state index contributed by atoms with van der Waals surface area (Å²) >= 11 is 3.52. The Morgan fingerprint density at radius 2 is 1.62 bits per heavy atom. The summed E-state index contributed by atoms with van der Waals surface area (Å²) in [4.78, 5) is 0. The summed E-state index contributed by atoms with van der Waals surface area (Å²) < 4.78 is 6.32. The molecule has 2 aromatic carbocycles. The summed E-state index contributed by atoms with van der Waals surface area (Å²) in [6.07, 6.45) is 0. The molecule has 0 radical (unpaired) electrons. The lowest BCUT2D eigenvalue weighted by Crippen LogP contribution is -2.10. The second-order valence-electron chi connectivity index (χ2n) is 5.56. The highest BCUT2D eigenvalue weighted by Crippen LogP contribution is 2.30. The van der Waals surface area contributed by atoms with E-state index < -0.39 is 0 Å². The predicted molar refractivity (Wildman–Crippen MR) is 93.4 cm³/mol. The van der Waals surface area contributed by atoms with Crippen LogP contribution >= 0.6 is 15.9 Å². The van der Waals surface area contributed by atoms with Gasteiger partial charge in [0.15, 0.2) is 0 Å². The molecule has 0 aliphatic heterocycles. The van der Waals surface area contributed by atoms with Gasteiger partial charge in [0, 0.05) is 22.3 Å². The van der Waals surface area contributed by atoms with Crippen LogP contribution in [0.1, 0.15) is 35.2 Å². The maximum atomic E-state index is 5.32. The molecule has 112 valence electrons. The number of hydrogen-bond donors (Lipinski definition) is 1. The van der Waals surface area contributed by atoms with E-state index in [1.165, 1.54) is 22.3 Å². The lowest BCUT2D eigenvalue weighted by molar-refractivity contribution is 0.414. The van der Waals surface area contributed by atoms with Crippen molar-refractivity contribution in [2.24, 2.45) is 0 Å². The third-order valence-corrected chi connectivity index (χ3v) is 4.12. The van der Waals surface area contributed by atoms with Crippen molar-refractivity contribution in [3.05, 3.63) is 57.1 Å². The van der Waals surface area contributed by atoms with E-state index in [0.29, 0.717) is 0 Å². The van der Waals surface area contributed by atoms with E-state index in [4.69, 9.17) is 4.74 Å². The molecule has 2 rings (SSSR count). The Labute approximate surface area is 135 Å². The van der Waals surface area contributed by atoms with Gasteiger partial charge in [-0.1, -0.05) is 33.6 Å². The molecule has 1 N–H and O–H groups in total. The van der Waals surface area contributed by atoms with E-state index in [1.807, 2.05) is 12.1 Å². The van der Waals surface area contributed by atoms with Crippen molar-refractivity contribution in [1.29, 1.82) is 0 Å². The highest BCUT2D eigenvalue weighted by molar-refractivity contribution is 9.10. The zero-order valence-electron chi connectivity index (χ0n) is 13.3. The molecule has 1 unspecified atom stereocenters. The lowest BCUT2D eigenvalue weighted by Gasteiger charge is -2.21. The van der Waals surface area contributed by atoms with Crippen LogP contribution in [0.4, 0.5) is 5.69 Å². The van der Waals surface area contributed by atoms with Gasteiger partial charge in [-0.25, -0.2) is 0 Å². The van der Waals surface area contributed by atoms with Crippen molar-refractivity contribution < 1.29 is 4.74 Å². The maximum Gasteiger partial charge on any atom is 0.122 e. The Morgan fingerprint density at radius 1 is 1.00 bits per heavy atom. The summed E-state index contributed by atoms with van der Waals surface area (Å²) in [5.41, 5.74) is 6.38. The molecule has 0 saturated heterocycles. The molecule has 2 aromatic rings. The Bertz CT molecular complexity index is 629. The van der Waals surface area contributed by atoms with E-state index in [9.17, 15) is 0 Å². The van der Waals surface area contributed by atoms with Crippen molar-refractivity contribution in [3.8, 4) is 5.75 Å². The van der Waals surface area contributed by atoms with E-state index in [0.717, 1.165) is 15.9 Å². The largest absolute Gasteiger partial charge is 0.497 e. The van der Waals surface area contributed by atoms with Gasteiger partial charge in [-0.3, -0.25) is 0 Å². The molecule has 0 bridgehead atoms. The second kappa shape index (κ2) is 6.52. The fraction of sp³-hybridized carbons (Fsp3) is 0.333. The quantitative estimate of drug-likeness (QED) is 0.781. The summed E-state index contributed by atoms with van der Waals surface area (Å²) in [6.45, 7) is 8.68. The molecule has 0 spiro atoms. The van der Waals surface area contributed by atoms with Gasteiger partial charge in [-0.05, 0) is 56.5 Å². The predicted octanol–water partition coefficient (Wildman–Crippen LogP) is 5.56. The lowest BCUT2D eigenvalue weighted by atomic mass is 9.95. The van der Waals surface area contributed by atoms with Crippen LogP contribution < -0.4 is 10.1 Å². The smallest absolute Gasteiger partial charge is 0.122 e. The van der Waals surface area contributed by atoms with Gasteiger partial charge in [-0.15, -0.1) is 0 Å². The molecular weight excluding hydrogens is 326 g/mol. The van der Waals surface area contributed by atoms with E-state index in [2.05, 4.69) is 67.1 Å². The highest BCUT2D eigenvalue weighted by atomic mass is 79.9. The molecule has 0 aliphatic carbocycles. The average molecular weight is 348 g/mol. The zero-order valence-corrected chi connectivity index (χ0v) is 14.8. The number of anilines is 1. The number of benzene rings is 2. The maximum absolute atomic E-state index is 5.32. The van der Waals surface area contributed by atoms with Gasteiger partial charge in [0.1, 0.15) is 5.75 Å². The van der Waals surface area contributed by atoms with Crippen LogP contribution in [-0.2, 0) is 0 Å². The topological polar surface area (TPSA) is 21.3 Å². The molecule has 1 atom stereocenters. The van der Waals surface area contributed by atoms with Crippen molar-refractivity contribution in [1.82, 2.24) is 0 Å². The number of nitrogens with one attached hydrogen (secondary N) is 1. The first kappa shape index (κ1) is 15.9. The first-order valence-corrected chi connectivity index (χ1v) is 7.89. The third kappa shape index (κ3) is 3.79. The molecule has 0 fully saturated rings. The van der Waals surface area contributed by atoms with Crippen molar-refractivity contribution in [2.45, 2.75) is 33.7 Å². The van der Waals surface area contributed by atoms with Gasteiger partial charge in [-0.2, -0.15) is 0 Å². The molecule has 2 nitrogen and oxygen atoms in total. The first-order chi connectivity index (χ1) is 9.90. The molecule has 0 aliphatic rings. The summed E-state index contributed by atoms with van der Waals surface area (Å²) in [6, 6.07) is 10.8. The summed E-state index contributed by atoms with van der Waals surface area (Å²) in [7, 11) is 1.68. The minimum Gasteiger partial charge on any atom is -0.497 e. The van der Waals surface area contributed by atoms with Crippen LogP contribution in [0, 0.1) is 20.8 Å². The third-order valence-electron chi connectivity index (χ3n) is 3.66. The highest BCUT2D eigenvalue weighted by Gasteiger charge is 2.12. The number of methoxy groups -OCH3 is 1. The number of halogens is 1. The van der Waals surface area contributed by atoms with Crippen molar-refractivity contribution in [3.63, 3.8) is 0 Å². The average Bonchev–Trinajstić information content (AvgIpc) is 2.36. The number of ether oxygens (including phenoxy) is 1. The van der Waals surface area contributed by atoms with Crippen LogP contribution in [0.3, 0.4) is 0 Å². The molecular formula is C18H22BrNO. The van der Waals surface area contributed by atoms with Crippen LogP contribution in [0.2, 0.25) is 0 Å². The van der Waals surface area contributed by atoms with Gasteiger partial charge in [0.2, 0.25) is 0 Å². The zero-order chi connectivity index (χ0) is 15.6. The SMILES string of the molecule is COc1cc(Br)cc(NC(C)c2c(C)cc(C)cc2C)c1. The fourth-order valence-electron chi connectivity index (χ4n) is 2.96. The Kier molecular flexibility index (Phi) is 4.94. The molecule has 0 amide bonds. The standard InChI is InChI=1S/C18H22BrNO/c1-11-6-12(2)18(13(3)7-11)14(4)20-16-8-15(19)9-17(10-16)21-5/h6-10,14,20H,1-5H3. The van der Waals surface area contributed by atoms with Crippen molar-refractivity contribution in [2.75, 3.05) is 12.4 Å². The molecule has 0 aromatic heterocycles. The first-order valence-electron chi connectivity index (χ1n) is 7.09. The molecule has 0 heterocycles. The van der Waals surface area contributed by atoms with Crippen LogP contribution in [0.25, 0.3) is 0 Å². The number of aryl methyl sites for hydroxylation is 3. The normalized spacial score (nSPS) is 12.1. The molecule has 3 heteroatoms. The van der Waals surface area contributed by atoms with E-state index >= 15 is 0 Å². The van der Waals surface area contributed by atoms with Crippen LogP contribution in [-0.4, -0.2) is 7.11 Å². The molecule has 0 saturated carbocycles. The Hall–Kier alpha value is -1.48. The Morgan fingerprint density at radius 3 is 2.19 bits per heavy atom. The molecule has 21 heavy (non-hydrogen) atoms. The summed E-state index contributed by atoms with van der Waals surface area (Å²) in [5.74, 6) is 0.844. The van der Waals surface area contributed by atoms with E-state index in [-0.39, 0.29) is 6.04 Å². The van der Waals surface area contributed by atoms with Gasteiger partial charge in [0.05, 0.1) is 7.11 Å².